The Bertz CT molecular complexity index is 1120. The lowest BCUT2D eigenvalue weighted by molar-refractivity contribution is -0.384. The standard InChI is InChI=1S/C17H13ClN6O4/c18-14-6-1-11(9-19-14)16(25)21-7-8-22-15(10-21)20-23(17(22)26)12-2-4-13(5-3-12)24(27)28/h1-6,9H,7-8,10H2. The Morgan fingerprint density at radius 3 is 2.54 bits per heavy atom. The summed E-state index contributed by atoms with van der Waals surface area (Å²) in [7, 11) is 0. The lowest BCUT2D eigenvalue weighted by atomic mass is 10.2. The molecule has 1 amide bonds. The number of benzene rings is 1. The fourth-order valence-corrected chi connectivity index (χ4v) is 3.10. The molecule has 142 valence electrons. The van der Waals surface area contributed by atoms with Gasteiger partial charge in [0.05, 0.1) is 22.7 Å². The molecule has 4 rings (SSSR count). The summed E-state index contributed by atoms with van der Waals surface area (Å²) in [5, 5.41) is 15.4. The Kier molecular flexibility index (Phi) is 4.40. The molecule has 3 heterocycles. The summed E-state index contributed by atoms with van der Waals surface area (Å²) in [4.78, 5) is 41.0. The highest BCUT2D eigenvalue weighted by molar-refractivity contribution is 6.29. The highest BCUT2D eigenvalue weighted by Crippen LogP contribution is 2.17. The second kappa shape index (κ2) is 6.89. The molecule has 0 bridgehead atoms. The van der Waals surface area contributed by atoms with Crippen LogP contribution in [0.1, 0.15) is 16.2 Å². The first kappa shape index (κ1) is 17.9. The number of carbonyl (C=O) groups excluding carboxylic acids is 1. The average molecular weight is 401 g/mol. The maximum absolute atomic E-state index is 12.6. The van der Waals surface area contributed by atoms with Crippen molar-refractivity contribution in [3.8, 4) is 5.69 Å². The zero-order valence-electron chi connectivity index (χ0n) is 14.4. The van der Waals surface area contributed by atoms with Crippen molar-refractivity contribution in [2.24, 2.45) is 0 Å². The predicted molar refractivity (Wildman–Crippen MR) is 98.5 cm³/mol. The minimum absolute atomic E-state index is 0.0749. The van der Waals surface area contributed by atoms with Gasteiger partial charge in [0.15, 0.2) is 5.82 Å². The lowest BCUT2D eigenvalue weighted by Crippen LogP contribution is -2.40. The van der Waals surface area contributed by atoms with Crippen LogP contribution in [-0.2, 0) is 13.1 Å². The van der Waals surface area contributed by atoms with Gasteiger partial charge in [-0.2, -0.15) is 4.68 Å². The van der Waals surface area contributed by atoms with Crippen LogP contribution in [0.25, 0.3) is 5.69 Å². The van der Waals surface area contributed by atoms with E-state index in [4.69, 9.17) is 11.6 Å². The molecule has 10 nitrogen and oxygen atoms in total. The Labute approximate surface area is 162 Å². The summed E-state index contributed by atoms with van der Waals surface area (Å²) in [5.74, 6) is 0.206. The first-order valence-corrected chi connectivity index (χ1v) is 8.66. The maximum atomic E-state index is 12.6. The monoisotopic (exact) mass is 400 g/mol. The first-order chi connectivity index (χ1) is 13.4. The van der Waals surface area contributed by atoms with Crippen molar-refractivity contribution in [2.45, 2.75) is 13.1 Å². The van der Waals surface area contributed by atoms with Crippen molar-refractivity contribution >= 4 is 23.2 Å². The van der Waals surface area contributed by atoms with Gasteiger partial charge in [-0.05, 0) is 24.3 Å². The lowest BCUT2D eigenvalue weighted by Gasteiger charge is -2.26. The van der Waals surface area contributed by atoms with Gasteiger partial charge in [-0.25, -0.2) is 9.78 Å². The highest BCUT2D eigenvalue weighted by Gasteiger charge is 2.26. The van der Waals surface area contributed by atoms with Crippen LogP contribution in [0.4, 0.5) is 5.69 Å². The zero-order valence-corrected chi connectivity index (χ0v) is 15.1. The number of pyridine rings is 1. The van der Waals surface area contributed by atoms with E-state index < -0.39 is 4.92 Å². The molecular weight excluding hydrogens is 388 g/mol. The number of non-ortho nitro benzene ring substituents is 1. The van der Waals surface area contributed by atoms with Gasteiger partial charge < -0.3 is 4.90 Å². The van der Waals surface area contributed by atoms with Crippen molar-refractivity contribution in [2.75, 3.05) is 6.54 Å². The number of hydrogen-bond donors (Lipinski definition) is 0. The Balaban J connectivity index is 1.60. The minimum Gasteiger partial charge on any atom is -0.329 e. The fraction of sp³-hybridized carbons (Fsp3) is 0.176. The van der Waals surface area contributed by atoms with Crippen LogP contribution in [-0.4, -0.2) is 41.6 Å². The molecule has 0 radical (unpaired) electrons. The largest absolute Gasteiger partial charge is 0.350 e. The molecule has 0 N–H and O–H groups in total. The van der Waals surface area contributed by atoms with E-state index in [1.165, 1.54) is 45.8 Å². The van der Waals surface area contributed by atoms with Gasteiger partial charge in [0.2, 0.25) is 0 Å². The van der Waals surface area contributed by atoms with Crippen LogP contribution in [0.15, 0.2) is 47.4 Å². The van der Waals surface area contributed by atoms with E-state index in [-0.39, 0.29) is 23.8 Å². The Morgan fingerprint density at radius 1 is 1.14 bits per heavy atom. The van der Waals surface area contributed by atoms with E-state index in [1.54, 1.807) is 11.0 Å². The van der Waals surface area contributed by atoms with Crippen LogP contribution in [0.3, 0.4) is 0 Å². The highest BCUT2D eigenvalue weighted by atomic mass is 35.5. The van der Waals surface area contributed by atoms with Gasteiger partial charge in [0, 0.05) is 31.4 Å². The molecule has 0 saturated carbocycles. The number of nitro groups is 1. The van der Waals surface area contributed by atoms with Gasteiger partial charge in [-0.15, -0.1) is 5.10 Å². The summed E-state index contributed by atoms with van der Waals surface area (Å²) in [6.07, 6.45) is 1.40. The minimum atomic E-state index is -0.514. The van der Waals surface area contributed by atoms with Gasteiger partial charge in [-0.1, -0.05) is 11.6 Å². The van der Waals surface area contributed by atoms with Gasteiger partial charge in [0.1, 0.15) is 5.15 Å². The zero-order chi connectivity index (χ0) is 19.8. The SMILES string of the molecule is O=C(c1ccc(Cl)nc1)N1CCn2c(nn(-c3ccc([N+](=O)[O-])cc3)c2=O)C1. The van der Waals surface area contributed by atoms with Crippen LogP contribution in [0.5, 0.6) is 0 Å². The molecule has 11 heteroatoms. The number of aromatic nitrogens is 4. The third kappa shape index (κ3) is 3.14. The van der Waals surface area contributed by atoms with Gasteiger partial charge in [0.25, 0.3) is 11.6 Å². The van der Waals surface area contributed by atoms with Crippen LogP contribution >= 0.6 is 11.6 Å². The third-order valence-electron chi connectivity index (χ3n) is 4.43. The van der Waals surface area contributed by atoms with E-state index >= 15 is 0 Å². The second-order valence-corrected chi connectivity index (χ2v) is 6.52. The van der Waals surface area contributed by atoms with Crippen molar-refractivity contribution in [1.29, 1.82) is 0 Å². The molecule has 0 saturated heterocycles. The number of halogens is 1. The summed E-state index contributed by atoms with van der Waals surface area (Å²) >= 11 is 5.75. The van der Waals surface area contributed by atoms with Crippen molar-refractivity contribution in [3.63, 3.8) is 0 Å². The number of rotatable bonds is 3. The normalized spacial score (nSPS) is 13.2. The molecule has 0 atom stereocenters. The van der Waals surface area contributed by atoms with E-state index in [9.17, 15) is 19.7 Å². The Hall–Kier alpha value is -3.53. The molecule has 0 unspecified atom stereocenters. The van der Waals surface area contributed by atoms with Crippen LogP contribution in [0, 0.1) is 10.1 Å². The van der Waals surface area contributed by atoms with E-state index in [2.05, 4.69) is 10.1 Å². The van der Waals surface area contributed by atoms with Crippen LogP contribution in [0.2, 0.25) is 5.15 Å². The van der Waals surface area contributed by atoms with Crippen molar-refractivity contribution < 1.29 is 9.72 Å². The molecule has 3 aromatic rings. The molecule has 0 fully saturated rings. The topological polar surface area (TPSA) is 116 Å². The number of amides is 1. The fourth-order valence-electron chi connectivity index (χ4n) is 2.99. The van der Waals surface area contributed by atoms with E-state index in [0.29, 0.717) is 35.3 Å². The van der Waals surface area contributed by atoms with Gasteiger partial charge >= 0.3 is 5.69 Å². The summed E-state index contributed by atoms with van der Waals surface area (Å²) < 4.78 is 2.67. The molecule has 1 aliphatic rings. The second-order valence-electron chi connectivity index (χ2n) is 6.13. The van der Waals surface area contributed by atoms with E-state index in [1.807, 2.05) is 0 Å². The quantitative estimate of drug-likeness (QED) is 0.375. The molecule has 1 aromatic carbocycles. The van der Waals surface area contributed by atoms with Crippen molar-refractivity contribution in [3.05, 3.63) is 79.7 Å². The number of carbonyl (C=O) groups is 1. The maximum Gasteiger partial charge on any atom is 0.350 e. The third-order valence-corrected chi connectivity index (χ3v) is 4.66. The number of fused-ring (bicyclic) bond motifs is 1. The molecule has 1 aliphatic heterocycles. The smallest absolute Gasteiger partial charge is 0.329 e. The average Bonchev–Trinajstić information content (AvgIpc) is 3.04. The predicted octanol–water partition coefficient (Wildman–Crippen LogP) is 1.65. The number of hydrogen-bond acceptors (Lipinski definition) is 6. The Morgan fingerprint density at radius 2 is 1.89 bits per heavy atom. The van der Waals surface area contributed by atoms with Crippen molar-refractivity contribution in [1.82, 2.24) is 24.2 Å². The first-order valence-electron chi connectivity index (χ1n) is 8.28. The molecular formula is C17H13ClN6O4. The number of nitro benzene ring substituents is 1. The summed E-state index contributed by atoms with van der Waals surface area (Å²) in [6.45, 7) is 0.810. The molecule has 28 heavy (non-hydrogen) atoms. The molecule has 0 spiro atoms. The van der Waals surface area contributed by atoms with E-state index in [0.717, 1.165) is 0 Å². The molecule has 0 aliphatic carbocycles. The van der Waals surface area contributed by atoms with Gasteiger partial charge in [-0.3, -0.25) is 19.5 Å². The molecule has 2 aromatic heterocycles. The number of nitrogens with zero attached hydrogens (tertiary/aromatic N) is 6. The van der Waals surface area contributed by atoms with Crippen LogP contribution < -0.4 is 5.69 Å². The summed E-state index contributed by atoms with van der Waals surface area (Å²) in [6, 6.07) is 8.67. The summed E-state index contributed by atoms with van der Waals surface area (Å²) in [5.41, 5.74) is 0.380.